The van der Waals surface area contributed by atoms with Crippen LogP contribution in [-0.2, 0) is 16.0 Å². The number of hydrogen-bond acceptors (Lipinski definition) is 3. The molecule has 0 spiro atoms. The van der Waals surface area contributed by atoms with Crippen LogP contribution in [0.2, 0.25) is 0 Å². The van der Waals surface area contributed by atoms with Crippen molar-refractivity contribution in [2.45, 2.75) is 19.8 Å². The molecule has 0 amide bonds. The summed E-state index contributed by atoms with van der Waals surface area (Å²) in [7, 11) is 0. The van der Waals surface area contributed by atoms with Gasteiger partial charge in [0.1, 0.15) is 0 Å². The van der Waals surface area contributed by atoms with E-state index in [9.17, 15) is 14.4 Å². The van der Waals surface area contributed by atoms with Crippen molar-refractivity contribution in [3.8, 4) is 0 Å². The number of rotatable bonds is 6. The standard InChI is InChI=1S/C16H15NO4/c1-10-2-4-11(5-3-10)8-13-12(6-7-17-13)14(18)9-15(19)16(20)21/h2-7,17H,8-9H2,1H3,(H,20,21). The highest BCUT2D eigenvalue weighted by molar-refractivity contribution is 6.37. The summed E-state index contributed by atoms with van der Waals surface area (Å²) in [5, 5.41) is 8.55. The van der Waals surface area contributed by atoms with E-state index in [1.807, 2.05) is 31.2 Å². The van der Waals surface area contributed by atoms with Gasteiger partial charge in [0.05, 0.1) is 6.42 Å². The van der Waals surface area contributed by atoms with Crippen LogP contribution in [0.1, 0.15) is 33.6 Å². The second-order valence-corrected chi connectivity index (χ2v) is 4.86. The molecule has 0 unspecified atom stereocenters. The van der Waals surface area contributed by atoms with Gasteiger partial charge >= 0.3 is 5.97 Å². The number of aryl methyl sites for hydroxylation is 1. The second-order valence-electron chi connectivity index (χ2n) is 4.86. The lowest BCUT2D eigenvalue weighted by Gasteiger charge is -2.04. The van der Waals surface area contributed by atoms with Gasteiger partial charge in [0.25, 0.3) is 0 Å². The Kier molecular flexibility index (Phi) is 4.33. The number of nitrogens with one attached hydrogen (secondary N) is 1. The number of carboxylic acids is 1. The molecule has 0 fully saturated rings. The third-order valence-electron chi connectivity index (χ3n) is 3.19. The van der Waals surface area contributed by atoms with Gasteiger partial charge in [0, 0.05) is 23.9 Å². The topological polar surface area (TPSA) is 87.2 Å². The Labute approximate surface area is 121 Å². The van der Waals surface area contributed by atoms with Gasteiger partial charge in [0.2, 0.25) is 5.78 Å². The normalized spacial score (nSPS) is 10.3. The highest BCUT2D eigenvalue weighted by Crippen LogP contribution is 2.15. The van der Waals surface area contributed by atoms with E-state index >= 15 is 0 Å². The second kappa shape index (κ2) is 6.17. The number of benzene rings is 1. The SMILES string of the molecule is Cc1ccc(Cc2[nH]ccc2C(=O)CC(=O)C(=O)O)cc1. The number of aromatic amines is 1. The molecule has 1 heterocycles. The van der Waals surface area contributed by atoms with Gasteiger partial charge in [-0.05, 0) is 18.6 Å². The van der Waals surface area contributed by atoms with Gasteiger partial charge < -0.3 is 10.1 Å². The molecule has 0 aliphatic heterocycles. The molecule has 108 valence electrons. The van der Waals surface area contributed by atoms with Crippen molar-refractivity contribution >= 4 is 17.5 Å². The molecule has 0 atom stereocenters. The van der Waals surface area contributed by atoms with Crippen LogP contribution >= 0.6 is 0 Å². The van der Waals surface area contributed by atoms with Crippen LogP contribution in [0.4, 0.5) is 0 Å². The van der Waals surface area contributed by atoms with E-state index in [1.54, 1.807) is 12.3 Å². The lowest BCUT2D eigenvalue weighted by atomic mass is 10.0. The molecule has 5 heteroatoms. The van der Waals surface area contributed by atoms with Crippen LogP contribution in [0, 0.1) is 6.92 Å². The first kappa shape index (κ1) is 14.7. The third-order valence-corrected chi connectivity index (χ3v) is 3.19. The van der Waals surface area contributed by atoms with Crippen molar-refractivity contribution < 1.29 is 19.5 Å². The zero-order valence-corrected chi connectivity index (χ0v) is 11.6. The molecule has 5 nitrogen and oxygen atoms in total. The summed E-state index contributed by atoms with van der Waals surface area (Å²) in [5.41, 5.74) is 3.22. The molecule has 0 aliphatic carbocycles. The molecule has 21 heavy (non-hydrogen) atoms. The van der Waals surface area contributed by atoms with E-state index in [4.69, 9.17) is 5.11 Å². The van der Waals surface area contributed by atoms with Gasteiger partial charge in [-0.25, -0.2) is 4.79 Å². The molecule has 0 bridgehead atoms. The maximum Gasteiger partial charge on any atom is 0.372 e. The van der Waals surface area contributed by atoms with Gasteiger partial charge in [-0.3, -0.25) is 9.59 Å². The third kappa shape index (κ3) is 3.66. The fraction of sp³-hybridized carbons (Fsp3) is 0.188. The molecule has 0 radical (unpaired) electrons. The highest BCUT2D eigenvalue weighted by Gasteiger charge is 2.20. The van der Waals surface area contributed by atoms with E-state index in [2.05, 4.69) is 4.98 Å². The van der Waals surface area contributed by atoms with E-state index in [-0.39, 0.29) is 0 Å². The average Bonchev–Trinajstić information content (AvgIpc) is 2.89. The van der Waals surface area contributed by atoms with Crippen LogP contribution in [0.25, 0.3) is 0 Å². The molecule has 0 saturated heterocycles. The lowest BCUT2D eigenvalue weighted by molar-refractivity contribution is -0.148. The van der Waals surface area contributed by atoms with E-state index in [0.717, 1.165) is 11.1 Å². The summed E-state index contributed by atoms with van der Waals surface area (Å²) in [4.78, 5) is 36.6. The Morgan fingerprint density at radius 2 is 1.76 bits per heavy atom. The van der Waals surface area contributed by atoms with Crippen molar-refractivity contribution in [2.75, 3.05) is 0 Å². The molecule has 1 aromatic carbocycles. The summed E-state index contributed by atoms with van der Waals surface area (Å²) in [6.07, 6.45) is 1.52. The minimum atomic E-state index is -1.58. The van der Waals surface area contributed by atoms with Crippen molar-refractivity contribution in [1.29, 1.82) is 0 Å². The van der Waals surface area contributed by atoms with Gasteiger partial charge in [0.15, 0.2) is 5.78 Å². The first-order valence-corrected chi connectivity index (χ1v) is 6.48. The zero-order valence-electron chi connectivity index (χ0n) is 11.6. The number of Topliss-reactive ketones (excluding diaryl/α,β-unsaturated/α-hetero) is 2. The maximum absolute atomic E-state index is 12.0. The minimum absolute atomic E-state index is 0.366. The monoisotopic (exact) mass is 285 g/mol. The molecular weight excluding hydrogens is 270 g/mol. The number of hydrogen-bond donors (Lipinski definition) is 2. The van der Waals surface area contributed by atoms with E-state index < -0.39 is 24.0 Å². The smallest absolute Gasteiger partial charge is 0.372 e. The van der Waals surface area contributed by atoms with Gasteiger partial charge in [-0.2, -0.15) is 0 Å². The molecule has 2 N–H and O–H groups in total. The molecule has 2 rings (SSSR count). The van der Waals surface area contributed by atoms with Crippen molar-refractivity contribution in [2.24, 2.45) is 0 Å². The molecule has 2 aromatic rings. The number of ketones is 2. The predicted molar refractivity (Wildman–Crippen MR) is 76.4 cm³/mol. The maximum atomic E-state index is 12.0. The fourth-order valence-corrected chi connectivity index (χ4v) is 2.04. The predicted octanol–water partition coefficient (Wildman–Crippen LogP) is 2.14. The highest BCUT2D eigenvalue weighted by atomic mass is 16.4. The van der Waals surface area contributed by atoms with Crippen molar-refractivity contribution in [3.05, 3.63) is 58.9 Å². The van der Waals surface area contributed by atoms with Crippen LogP contribution in [0.5, 0.6) is 0 Å². The van der Waals surface area contributed by atoms with Crippen molar-refractivity contribution in [1.82, 2.24) is 4.98 Å². The number of carboxylic acid groups (broad SMARTS) is 1. The summed E-state index contributed by atoms with van der Waals surface area (Å²) >= 11 is 0. The van der Waals surface area contributed by atoms with Crippen LogP contribution in [0.3, 0.4) is 0 Å². The fourth-order valence-electron chi connectivity index (χ4n) is 2.04. The number of H-pyrrole nitrogens is 1. The summed E-state index contributed by atoms with van der Waals surface area (Å²) < 4.78 is 0. The lowest BCUT2D eigenvalue weighted by Crippen LogP contribution is -2.17. The first-order chi connectivity index (χ1) is 9.97. The van der Waals surface area contributed by atoms with Crippen LogP contribution in [-0.4, -0.2) is 27.6 Å². The molecular formula is C16H15NO4. The Balaban J connectivity index is 2.14. The number of carbonyl (C=O) groups excluding carboxylic acids is 2. The van der Waals surface area contributed by atoms with Crippen LogP contribution < -0.4 is 0 Å². The quantitative estimate of drug-likeness (QED) is 0.483. The van der Waals surface area contributed by atoms with E-state index in [1.165, 1.54) is 0 Å². The zero-order chi connectivity index (χ0) is 15.4. The number of aliphatic carboxylic acids is 1. The Morgan fingerprint density at radius 1 is 1.10 bits per heavy atom. The summed E-state index contributed by atoms with van der Waals surface area (Å²) in [6.45, 7) is 1.99. The minimum Gasteiger partial charge on any atom is -0.475 e. The molecule has 0 aliphatic rings. The molecule has 0 saturated carbocycles. The number of carbonyl (C=O) groups is 3. The van der Waals surface area contributed by atoms with Gasteiger partial charge in [-0.15, -0.1) is 0 Å². The first-order valence-electron chi connectivity index (χ1n) is 6.48. The summed E-state index contributed by atoms with van der Waals surface area (Å²) in [6, 6.07) is 9.46. The van der Waals surface area contributed by atoms with Crippen LogP contribution in [0.15, 0.2) is 36.5 Å². The Hall–Kier alpha value is -2.69. The molecule has 1 aromatic heterocycles. The Bertz CT molecular complexity index is 683. The van der Waals surface area contributed by atoms with E-state index in [0.29, 0.717) is 17.7 Å². The Morgan fingerprint density at radius 3 is 2.38 bits per heavy atom. The van der Waals surface area contributed by atoms with Crippen molar-refractivity contribution in [3.63, 3.8) is 0 Å². The number of aromatic nitrogens is 1. The largest absolute Gasteiger partial charge is 0.475 e. The van der Waals surface area contributed by atoms with Gasteiger partial charge in [-0.1, -0.05) is 29.8 Å². The summed E-state index contributed by atoms with van der Waals surface area (Å²) in [5.74, 6) is -3.16. The average molecular weight is 285 g/mol.